The molecular weight excluding hydrogens is 233 g/mol. The Hall–Kier alpha value is -1.65. The molecule has 100 valence electrons. The summed E-state index contributed by atoms with van der Waals surface area (Å²) in [6.45, 7) is 6.14. The Morgan fingerprint density at radius 3 is 2.67 bits per heavy atom. The van der Waals surface area contributed by atoms with E-state index >= 15 is 0 Å². The first-order valence-corrected chi connectivity index (χ1v) is 6.01. The van der Waals surface area contributed by atoms with Crippen LogP contribution >= 0.6 is 0 Å². The van der Waals surface area contributed by atoms with Crippen LogP contribution in [-0.4, -0.2) is 28.9 Å². The van der Waals surface area contributed by atoms with Crippen LogP contribution in [0.2, 0.25) is 0 Å². The molecule has 0 saturated carbocycles. The van der Waals surface area contributed by atoms with Crippen molar-refractivity contribution in [1.82, 2.24) is 9.88 Å². The van der Waals surface area contributed by atoms with Crippen molar-refractivity contribution in [1.29, 1.82) is 0 Å². The van der Waals surface area contributed by atoms with E-state index in [1.54, 1.807) is 11.9 Å². The zero-order valence-corrected chi connectivity index (χ0v) is 11.3. The Balaban J connectivity index is 2.89. The Kier molecular flexibility index (Phi) is 4.64. The van der Waals surface area contributed by atoms with Crippen molar-refractivity contribution in [3.05, 3.63) is 23.6 Å². The number of amides is 1. The van der Waals surface area contributed by atoms with Gasteiger partial charge in [-0.3, -0.25) is 4.79 Å². The van der Waals surface area contributed by atoms with E-state index in [1.807, 2.05) is 6.92 Å². The molecule has 1 heterocycles. The lowest BCUT2D eigenvalue weighted by Crippen LogP contribution is -2.36. The molecule has 1 aromatic rings. The van der Waals surface area contributed by atoms with Crippen molar-refractivity contribution in [2.24, 2.45) is 5.92 Å². The van der Waals surface area contributed by atoms with Gasteiger partial charge in [-0.2, -0.15) is 0 Å². The van der Waals surface area contributed by atoms with Crippen molar-refractivity contribution in [2.75, 3.05) is 12.8 Å². The summed E-state index contributed by atoms with van der Waals surface area (Å²) in [5.74, 6) is -0.312. The molecular formula is C13H20FN3O. The number of halogens is 1. The van der Waals surface area contributed by atoms with Gasteiger partial charge in [0.05, 0.1) is 11.8 Å². The second-order valence-corrected chi connectivity index (χ2v) is 4.98. The van der Waals surface area contributed by atoms with Crippen LogP contribution in [-0.2, 0) is 0 Å². The quantitative estimate of drug-likeness (QED) is 0.895. The summed E-state index contributed by atoms with van der Waals surface area (Å²) in [4.78, 5) is 17.4. The number of hydrogen-bond donors (Lipinski definition) is 1. The Morgan fingerprint density at radius 2 is 2.11 bits per heavy atom. The SMILES string of the molecule is CC(C)CC(C)N(C)C(=O)c1cc(F)cnc1N. The fraction of sp³-hybridized carbons (Fsp3) is 0.538. The Labute approximate surface area is 107 Å². The van der Waals surface area contributed by atoms with Crippen LogP contribution in [0.1, 0.15) is 37.6 Å². The molecule has 0 saturated heterocycles. The normalized spacial score (nSPS) is 12.6. The van der Waals surface area contributed by atoms with Crippen LogP contribution in [0.5, 0.6) is 0 Å². The van der Waals surface area contributed by atoms with Gasteiger partial charge in [0.15, 0.2) is 0 Å². The predicted molar refractivity (Wildman–Crippen MR) is 69.6 cm³/mol. The molecule has 1 rings (SSSR count). The third-order valence-corrected chi connectivity index (χ3v) is 2.91. The van der Waals surface area contributed by atoms with Gasteiger partial charge in [-0.1, -0.05) is 13.8 Å². The number of carbonyl (C=O) groups is 1. The minimum atomic E-state index is -0.558. The van der Waals surface area contributed by atoms with Gasteiger partial charge in [-0.05, 0) is 25.3 Å². The number of pyridine rings is 1. The molecule has 1 amide bonds. The first kappa shape index (κ1) is 14.4. The van der Waals surface area contributed by atoms with Crippen LogP contribution in [0.25, 0.3) is 0 Å². The van der Waals surface area contributed by atoms with Gasteiger partial charge in [-0.15, -0.1) is 0 Å². The van der Waals surface area contributed by atoms with E-state index in [4.69, 9.17) is 5.73 Å². The minimum absolute atomic E-state index is 0.0602. The summed E-state index contributed by atoms with van der Waals surface area (Å²) in [5.41, 5.74) is 5.72. The molecule has 0 aliphatic rings. The average molecular weight is 253 g/mol. The first-order valence-electron chi connectivity index (χ1n) is 6.01. The number of carbonyl (C=O) groups excluding carboxylic acids is 1. The fourth-order valence-corrected chi connectivity index (χ4v) is 1.85. The van der Waals surface area contributed by atoms with E-state index in [9.17, 15) is 9.18 Å². The molecule has 2 N–H and O–H groups in total. The summed E-state index contributed by atoms with van der Waals surface area (Å²) in [6.07, 6.45) is 1.88. The van der Waals surface area contributed by atoms with E-state index in [1.165, 1.54) is 0 Å². The Morgan fingerprint density at radius 1 is 1.50 bits per heavy atom. The number of aromatic nitrogens is 1. The highest BCUT2D eigenvalue weighted by molar-refractivity contribution is 5.98. The van der Waals surface area contributed by atoms with Crippen molar-refractivity contribution in [3.63, 3.8) is 0 Å². The maximum Gasteiger partial charge on any atom is 0.257 e. The lowest BCUT2D eigenvalue weighted by molar-refractivity contribution is 0.0728. The third-order valence-electron chi connectivity index (χ3n) is 2.91. The summed E-state index contributed by atoms with van der Waals surface area (Å²) in [6, 6.07) is 1.20. The van der Waals surface area contributed by atoms with Gasteiger partial charge in [0, 0.05) is 13.1 Å². The topological polar surface area (TPSA) is 59.2 Å². The molecule has 0 aliphatic carbocycles. The molecule has 18 heavy (non-hydrogen) atoms. The van der Waals surface area contributed by atoms with Gasteiger partial charge in [0.1, 0.15) is 11.6 Å². The first-order chi connectivity index (χ1) is 8.32. The molecule has 0 spiro atoms. The van der Waals surface area contributed by atoms with Crippen molar-refractivity contribution < 1.29 is 9.18 Å². The van der Waals surface area contributed by atoms with Crippen LogP contribution in [0.4, 0.5) is 10.2 Å². The standard InChI is InChI=1S/C13H20FN3O/c1-8(2)5-9(3)17(4)13(18)11-6-10(14)7-16-12(11)15/h6-9H,5H2,1-4H3,(H2,15,16). The van der Waals surface area contributed by atoms with Crippen molar-refractivity contribution in [3.8, 4) is 0 Å². The summed E-state index contributed by atoms with van der Waals surface area (Å²) in [5, 5.41) is 0. The largest absolute Gasteiger partial charge is 0.383 e. The van der Waals surface area contributed by atoms with E-state index in [2.05, 4.69) is 18.8 Å². The highest BCUT2D eigenvalue weighted by Crippen LogP contribution is 2.16. The lowest BCUT2D eigenvalue weighted by Gasteiger charge is -2.26. The molecule has 0 aromatic carbocycles. The second-order valence-electron chi connectivity index (χ2n) is 4.98. The van der Waals surface area contributed by atoms with Gasteiger partial charge < -0.3 is 10.6 Å². The highest BCUT2D eigenvalue weighted by Gasteiger charge is 2.21. The van der Waals surface area contributed by atoms with Gasteiger partial charge in [0.25, 0.3) is 5.91 Å². The van der Waals surface area contributed by atoms with Crippen molar-refractivity contribution >= 4 is 11.7 Å². The van der Waals surface area contributed by atoms with Crippen LogP contribution in [0.3, 0.4) is 0 Å². The fourth-order valence-electron chi connectivity index (χ4n) is 1.85. The zero-order chi connectivity index (χ0) is 13.9. The summed E-state index contributed by atoms with van der Waals surface area (Å²) in [7, 11) is 1.69. The van der Waals surface area contributed by atoms with Gasteiger partial charge in [0.2, 0.25) is 0 Å². The molecule has 1 aromatic heterocycles. The number of nitrogens with zero attached hydrogens (tertiary/aromatic N) is 2. The molecule has 0 bridgehead atoms. The van der Waals surface area contributed by atoms with Gasteiger partial charge in [-0.25, -0.2) is 9.37 Å². The molecule has 5 heteroatoms. The maximum absolute atomic E-state index is 13.1. The third kappa shape index (κ3) is 3.42. The number of nitrogens with two attached hydrogens (primary N) is 1. The van der Waals surface area contributed by atoms with Crippen LogP contribution in [0, 0.1) is 11.7 Å². The number of rotatable bonds is 4. The molecule has 0 fully saturated rings. The smallest absolute Gasteiger partial charge is 0.257 e. The average Bonchev–Trinajstić information content (AvgIpc) is 2.29. The number of hydrogen-bond acceptors (Lipinski definition) is 3. The molecule has 1 unspecified atom stereocenters. The highest BCUT2D eigenvalue weighted by atomic mass is 19.1. The lowest BCUT2D eigenvalue weighted by atomic mass is 10.0. The Bertz CT molecular complexity index is 434. The maximum atomic E-state index is 13.1. The number of anilines is 1. The van der Waals surface area contributed by atoms with E-state index in [-0.39, 0.29) is 23.3 Å². The second kappa shape index (κ2) is 5.80. The van der Waals surface area contributed by atoms with Gasteiger partial charge >= 0.3 is 0 Å². The van der Waals surface area contributed by atoms with E-state index in [0.29, 0.717) is 5.92 Å². The summed E-state index contributed by atoms with van der Waals surface area (Å²) >= 11 is 0. The summed E-state index contributed by atoms with van der Waals surface area (Å²) < 4.78 is 13.1. The van der Waals surface area contributed by atoms with Crippen molar-refractivity contribution in [2.45, 2.75) is 33.2 Å². The molecule has 1 atom stereocenters. The van der Waals surface area contributed by atoms with E-state index < -0.39 is 5.82 Å². The predicted octanol–water partition coefficient (Wildman–Crippen LogP) is 2.31. The molecule has 4 nitrogen and oxygen atoms in total. The molecule has 0 radical (unpaired) electrons. The molecule has 0 aliphatic heterocycles. The van der Waals surface area contributed by atoms with Crippen LogP contribution < -0.4 is 5.73 Å². The van der Waals surface area contributed by atoms with Crippen LogP contribution in [0.15, 0.2) is 12.3 Å². The monoisotopic (exact) mass is 253 g/mol. The van der Waals surface area contributed by atoms with E-state index in [0.717, 1.165) is 18.7 Å². The minimum Gasteiger partial charge on any atom is -0.383 e. The zero-order valence-electron chi connectivity index (χ0n) is 11.3. The number of nitrogen functional groups attached to an aromatic ring is 1.